The fraction of sp³-hybridized carbons (Fsp3) is 0.414. The van der Waals surface area contributed by atoms with E-state index in [1.165, 1.54) is 7.11 Å². The lowest BCUT2D eigenvalue weighted by molar-refractivity contribution is -0.168. The first kappa shape index (κ1) is 26.8. The molecule has 0 fully saturated rings. The molecule has 0 saturated carbocycles. The zero-order valence-electron chi connectivity index (χ0n) is 20.8. The fourth-order valence-corrected chi connectivity index (χ4v) is 4.68. The quantitative estimate of drug-likeness (QED) is 0.242. The van der Waals surface area contributed by atoms with Crippen molar-refractivity contribution in [2.45, 2.75) is 64.6 Å². The van der Waals surface area contributed by atoms with Gasteiger partial charge in [0.05, 0.1) is 18.2 Å². The van der Waals surface area contributed by atoms with Gasteiger partial charge in [0.1, 0.15) is 11.9 Å². The van der Waals surface area contributed by atoms with E-state index >= 15 is 0 Å². The summed E-state index contributed by atoms with van der Waals surface area (Å²) in [7, 11) is 1.39. The molecule has 2 atom stereocenters. The summed E-state index contributed by atoms with van der Waals surface area (Å²) in [6.45, 7) is 4.16. The van der Waals surface area contributed by atoms with Gasteiger partial charge in [-0.3, -0.25) is 4.79 Å². The number of hydrogen-bond donors (Lipinski definition) is 2. The number of carbonyl (C=O) groups is 1. The SMILES string of the molecule is CCCCC(CCCC)(C(=O)OC)C(O)C(Oc1ccc(-c2ccc(Cl)cc2)cc1)c1ccc[nH]1. The first-order valence-corrected chi connectivity index (χ1v) is 12.8. The summed E-state index contributed by atoms with van der Waals surface area (Å²) >= 11 is 6.01. The lowest BCUT2D eigenvalue weighted by Crippen LogP contribution is -2.48. The van der Waals surface area contributed by atoms with Crippen molar-refractivity contribution in [3.63, 3.8) is 0 Å². The molecular weight excluding hydrogens is 462 g/mol. The number of aromatic amines is 1. The fourth-order valence-electron chi connectivity index (χ4n) is 4.56. The van der Waals surface area contributed by atoms with Gasteiger partial charge in [0.15, 0.2) is 6.10 Å². The highest BCUT2D eigenvalue weighted by molar-refractivity contribution is 6.30. The molecule has 3 aromatic rings. The predicted molar refractivity (Wildman–Crippen MR) is 141 cm³/mol. The Kier molecular flexibility index (Phi) is 9.82. The Morgan fingerprint density at radius 3 is 2.03 bits per heavy atom. The average molecular weight is 498 g/mol. The first-order valence-electron chi connectivity index (χ1n) is 12.4. The third kappa shape index (κ3) is 6.47. The van der Waals surface area contributed by atoms with Crippen molar-refractivity contribution in [2.75, 3.05) is 7.11 Å². The Morgan fingerprint density at radius 1 is 0.971 bits per heavy atom. The number of methoxy groups -OCH3 is 1. The van der Waals surface area contributed by atoms with Gasteiger partial charge >= 0.3 is 5.97 Å². The topological polar surface area (TPSA) is 71.6 Å². The number of halogens is 1. The second-order valence-corrected chi connectivity index (χ2v) is 9.43. The van der Waals surface area contributed by atoms with E-state index in [0.717, 1.165) is 36.8 Å². The van der Waals surface area contributed by atoms with E-state index in [0.29, 0.717) is 29.3 Å². The zero-order chi connectivity index (χ0) is 25.3. The van der Waals surface area contributed by atoms with Gasteiger partial charge in [0.2, 0.25) is 0 Å². The standard InChI is InChI=1S/C29H36ClNO4/c1-4-6-18-29(19-7-5-2,28(33)34-3)27(32)26(25-9-8-20-31-25)35-24-16-12-22(13-17-24)21-10-14-23(30)15-11-21/h8-17,20,26-27,31-32H,4-7,18-19H2,1-3H3. The molecule has 1 heterocycles. The van der Waals surface area contributed by atoms with E-state index in [1.54, 1.807) is 6.20 Å². The van der Waals surface area contributed by atoms with Gasteiger partial charge < -0.3 is 19.6 Å². The lowest BCUT2D eigenvalue weighted by Gasteiger charge is -2.39. The Bertz CT molecular complexity index is 1020. The minimum Gasteiger partial charge on any atom is -0.481 e. The number of aliphatic hydroxyl groups is 1. The molecule has 2 N–H and O–H groups in total. The number of unbranched alkanes of at least 4 members (excludes halogenated alkanes) is 2. The molecule has 0 radical (unpaired) electrons. The van der Waals surface area contributed by atoms with Gasteiger partial charge in [-0.15, -0.1) is 0 Å². The largest absolute Gasteiger partial charge is 0.481 e. The van der Waals surface area contributed by atoms with Gasteiger partial charge in [-0.25, -0.2) is 0 Å². The highest BCUT2D eigenvalue weighted by Gasteiger charge is 2.50. The van der Waals surface area contributed by atoms with E-state index in [1.807, 2.05) is 60.7 Å². The van der Waals surface area contributed by atoms with E-state index in [9.17, 15) is 9.90 Å². The van der Waals surface area contributed by atoms with E-state index in [4.69, 9.17) is 21.1 Å². The minimum atomic E-state index is -1.09. The van der Waals surface area contributed by atoms with Crippen molar-refractivity contribution < 1.29 is 19.4 Å². The lowest BCUT2D eigenvalue weighted by atomic mass is 9.71. The van der Waals surface area contributed by atoms with Crippen LogP contribution in [0, 0.1) is 5.41 Å². The smallest absolute Gasteiger partial charge is 0.314 e. The molecule has 6 heteroatoms. The monoisotopic (exact) mass is 497 g/mol. The number of benzene rings is 2. The maximum atomic E-state index is 13.2. The molecular formula is C29H36ClNO4. The van der Waals surface area contributed by atoms with Gasteiger partial charge in [-0.2, -0.15) is 0 Å². The summed E-state index contributed by atoms with van der Waals surface area (Å²) in [5.41, 5.74) is 1.73. The summed E-state index contributed by atoms with van der Waals surface area (Å²) < 4.78 is 11.6. The molecule has 2 aromatic carbocycles. The maximum absolute atomic E-state index is 13.2. The Labute approximate surface area is 213 Å². The molecule has 0 amide bonds. The average Bonchev–Trinajstić information content (AvgIpc) is 3.42. The number of nitrogens with one attached hydrogen (secondary N) is 1. The molecule has 0 aliphatic heterocycles. The van der Waals surface area contributed by atoms with Crippen LogP contribution in [0.15, 0.2) is 66.9 Å². The highest BCUT2D eigenvalue weighted by Crippen LogP contribution is 2.43. The van der Waals surface area contributed by atoms with Gasteiger partial charge in [0, 0.05) is 11.2 Å². The number of aromatic nitrogens is 1. The van der Waals surface area contributed by atoms with Crippen LogP contribution in [0.4, 0.5) is 0 Å². The number of aliphatic hydroxyl groups excluding tert-OH is 1. The number of esters is 1. The van der Waals surface area contributed by atoms with E-state index in [2.05, 4.69) is 18.8 Å². The molecule has 0 bridgehead atoms. The summed E-state index contributed by atoms with van der Waals surface area (Å²) in [5, 5.41) is 12.5. The Hall–Kier alpha value is -2.76. The van der Waals surface area contributed by atoms with E-state index in [-0.39, 0.29) is 5.97 Å². The Morgan fingerprint density at radius 2 is 1.54 bits per heavy atom. The first-order chi connectivity index (χ1) is 16.9. The van der Waals surface area contributed by atoms with Crippen molar-refractivity contribution in [3.05, 3.63) is 77.6 Å². The van der Waals surface area contributed by atoms with Crippen molar-refractivity contribution in [1.82, 2.24) is 4.98 Å². The molecule has 3 rings (SSSR count). The zero-order valence-corrected chi connectivity index (χ0v) is 21.6. The molecule has 2 unspecified atom stereocenters. The third-order valence-electron chi connectivity index (χ3n) is 6.62. The third-order valence-corrected chi connectivity index (χ3v) is 6.87. The second kappa shape index (κ2) is 12.8. The maximum Gasteiger partial charge on any atom is 0.314 e. The van der Waals surface area contributed by atoms with Crippen LogP contribution >= 0.6 is 11.6 Å². The summed E-state index contributed by atoms with van der Waals surface area (Å²) in [6, 6.07) is 19.1. The number of rotatable bonds is 13. The van der Waals surface area contributed by atoms with Crippen LogP contribution in [-0.4, -0.2) is 29.3 Å². The van der Waals surface area contributed by atoms with Crippen molar-refractivity contribution >= 4 is 17.6 Å². The molecule has 35 heavy (non-hydrogen) atoms. The van der Waals surface area contributed by atoms with Crippen LogP contribution in [0.3, 0.4) is 0 Å². The van der Waals surface area contributed by atoms with E-state index < -0.39 is 17.6 Å². The molecule has 0 aliphatic carbocycles. The highest BCUT2D eigenvalue weighted by atomic mass is 35.5. The Balaban J connectivity index is 1.94. The number of ether oxygens (including phenoxy) is 2. The molecule has 188 valence electrons. The number of carbonyl (C=O) groups excluding carboxylic acids is 1. The van der Waals surface area contributed by atoms with Crippen LogP contribution in [0.2, 0.25) is 5.02 Å². The second-order valence-electron chi connectivity index (χ2n) is 8.99. The van der Waals surface area contributed by atoms with Crippen molar-refractivity contribution in [1.29, 1.82) is 0 Å². The molecule has 0 aliphatic rings. The van der Waals surface area contributed by atoms with Crippen molar-refractivity contribution in [2.24, 2.45) is 5.41 Å². The van der Waals surface area contributed by atoms with Crippen LogP contribution < -0.4 is 4.74 Å². The summed E-state index contributed by atoms with van der Waals surface area (Å²) in [4.78, 5) is 16.4. The number of hydrogen-bond acceptors (Lipinski definition) is 4. The summed E-state index contributed by atoms with van der Waals surface area (Å²) in [5.74, 6) is 0.219. The van der Waals surface area contributed by atoms with Crippen LogP contribution in [0.5, 0.6) is 5.75 Å². The van der Waals surface area contributed by atoms with Crippen LogP contribution in [0.1, 0.15) is 64.2 Å². The van der Waals surface area contributed by atoms with Crippen LogP contribution in [0.25, 0.3) is 11.1 Å². The normalized spacial score (nSPS) is 13.3. The molecule has 0 saturated heterocycles. The van der Waals surface area contributed by atoms with Gasteiger partial charge in [0.25, 0.3) is 0 Å². The van der Waals surface area contributed by atoms with Crippen LogP contribution in [-0.2, 0) is 9.53 Å². The van der Waals surface area contributed by atoms with Gasteiger partial charge in [-0.1, -0.05) is 75.4 Å². The molecule has 0 spiro atoms. The summed E-state index contributed by atoms with van der Waals surface area (Å²) in [6.07, 6.45) is 4.45. The predicted octanol–water partition coefficient (Wildman–Crippen LogP) is 7.36. The number of H-pyrrole nitrogens is 1. The molecule has 5 nitrogen and oxygen atoms in total. The van der Waals surface area contributed by atoms with Crippen molar-refractivity contribution in [3.8, 4) is 16.9 Å². The molecule has 1 aromatic heterocycles. The minimum absolute atomic E-state index is 0.384. The van der Waals surface area contributed by atoms with Gasteiger partial charge in [-0.05, 0) is 60.4 Å².